The number of carbonyl (C=O) groups is 2. The number of rotatable bonds is 7. The van der Waals surface area contributed by atoms with Crippen LogP contribution in [0.1, 0.15) is 21.6 Å². The van der Waals surface area contributed by atoms with E-state index in [0.29, 0.717) is 17.8 Å². The van der Waals surface area contributed by atoms with Gasteiger partial charge in [-0.15, -0.1) is 0 Å². The highest BCUT2D eigenvalue weighted by Gasteiger charge is 2.12. The maximum absolute atomic E-state index is 12.6. The zero-order valence-corrected chi connectivity index (χ0v) is 17.0. The Labute approximate surface area is 179 Å². The molecule has 2 aromatic heterocycles. The molecular weight excluding hydrogens is 392 g/mol. The van der Waals surface area contributed by atoms with E-state index in [0.717, 1.165) is 27.9 Å². The second-order valence-corrected chi connectivity index (χ2v) is 7.03. The smallest absolute Gasteiger partial charge is 0.251 e. The second-order valence-electron chi connectivity index (χ2n) is 7.03. The fourth-order valence-corrected chi connectivity index (χ4v) is 3.32. The van der Waals surface area contributed by atoms with Crippen molar-refractivity contribution in [2.75, 3.05) is 12.4 Å². The molecule has 31 heavy (non-hydrogen) atoms. The highest BCUT2D eigenvalue weighted by atomic mass is 16.5. The van der Waals surface area contributed by atoms with Crippen molar-refractivity contribution < 1.29 is 14.3 Å². The Morgan fingerprint density at radius 2 is 1.97 bits per heavy atom. The number of methoxy groups -OCH3 is 1. The van der Waals surface area contributed by atoms with Gasteiger partial charge in [0, 0.05) is 34.5 Å². The SMILES string of the molecule is COc1ccc2[nH]cc(CC(=O)Nc3cccc(C(=O)NCc4ccccn4)c3)c2c1. The van der Waals surface area contributed by atoms with E-state index in [4.69, 9.17) is 4.74 Å². The van der Waals surface area contributed by atoms with Crippen molar-refractivity contribution in [2.24, 2.45) is 0 Å². The Hall–Kier alpha value is -4.13. The van der Waals surface area contributed by atoms with Gasteiger partial charge in [-0.1, -0.05) is 12.1 Å². The second kappa shape index (κ2) is 9.13. The number of anilines is 1. The number of nitrogens with zero attached hydrogens (tertiary/aromatic N) is 1. The van der Waals surface area contributed by atoms with Crippen LogP contribution in [0, 0.1) is 0 Å². The normalized spacial score (nSPS) is 10.6. The zero-order valence-electron chi connectivity index (χ0n) is 17.0. The van der Waals surface area contributed by atoms with Crippen molar-refractivity contribution in [1.29, 1.82) is 0 Å². The number of aromatic amines is 1. The molecule has 0 saturated heterocycles. The van der Waals surface area contributed by atoms with Gasteiger partial charge in [0.2, 0.25) is 5.91 Å². The molecule has 3 N–H and O–H groups in total. The summed E-state index contributed by atoms with van der Waals surface area (Å²) in [4.78, 5) is 32.4. The Morgan fingerprint density at radius 1 is 1.06 bits per heavy atom. The molecule has 7 nitrogen and oxygen atoms in total. The van der Waals surface area contributed by atoms with Gasteiger partial charge in [0.05, 0.1) is 25.8 Å². The van der Waals surface area contributed by atoms with Gasteiger partial charge in [-0.3, -0.25) is 14.6 Å². The van der Waals surface area contributed by atoms with E-state index in [1.165, 1.54) is 0 Å². The number of hydrogen-bond acceptors (Lipinski definition) is 4. The van der Waals surface area contributed by atoms with E-state index >= 15 is 0 Å². The van der Waals surface area contributed by atoms with Crippen LogP contribution in [0.5, 0.6) is 5.75 Å². The summed E-state index contributed by atoms with van der Waals surface area (Å²) < 4.78 is 5.27. The number of nitrogens with one attached hydrogen (secondary N) is 3. The zero-order chi connectivity index (χ0) is 21.6. The van der Waals surface area contributed by atoms with Gasteiger partial charge in [0.1, 0.15) is 5.75 Å². The molecule has 4 aromatic rings. The van der Waals surface area contributed by atoms with Gasteiger partial charge in [0.25, 0.3) is 5.91 Å². The highest BCUT2D eigenvalue weighted by molar-refractivity contribution is 5.98. The topological polar surface area (TPSA) is 96.1 Å². The summed E-state index contributed by atoms with van der Waals surface area (Å²) in [6.07, 6.45) is 3.70. The fraction of sp³-hybridized carbons (Fsp3) is 0.125. The van der Waals surface area contributed by atoms with Crippen LogP contribution in [0.25, 0.3) is 10.9 Å². The standard InChI is InChI=1S/C24H22N4O3/c1-31-20-8-9-22-21(13-20)17(14-26-22)12-23(29)28-18-7-4-5-16(11-18)24(30)27-15-19-6-2-3-10-25-19/h2-11,13-14,26H,12,15H2,1H3,(H,27,30)(H,28,29). The average molecular weight is 414 g/mol. The number of aromatic nitrogens is 2. The quantitative estimate of drug-likeness (QED) is 0.430. The third-order valence-electron chi connectivity index (χ3n) is 4.89. The first-order valence-electron chi connectivity index (χ1n) is 9.84. The van der Waals surface area contributed by atoms with Crippen LogP contribution >= 0.6 is 0 Å². The molecule has 2 amide bonds. The van der Waals surface area contributed by atoms with E-state index in [1.807, 2.05) is 42.6 Å². The van der Waals surface area contributed by atoms with Crippen molar-refractivity contribution in [3.63, 3.8) is 0 Å². The molecule has 0 bridgehead atoms. The molecule has 0 spiro atoms. The van der Waals surface area contributed by atoms with Gasteiger partial charge < -0.3 is 20.4 Å². The molecule has 4 rings (SSSR count). The van der Waals surface area contributed by atoms with E-state index in [-0.39, 0.29) is 18.2 Å². The van der Waals surface area contributed by atoms with Crippen molar-refractivity contribution in [2.45, 2.75) is 13.0 Å². The largest absolute Gasteiger partial charge is 0.497 e. The number of ether oxygens (including phenoxy) is 1. The minimum Gasteiger partial charge on any atom is -0.497 e. The predicted molar refractivity (Wildman–Crippen MR) is 119 cm³/mol. The lowest BCUT2D eigenvalue weighted by Crippen LogP contribution is -2.23. The highest BCUT2D eigenvalue weighted by Crippen LogP contribution is 2.24. The maximum atomic E-state index is 12.6. The first-order chi connectivity index (χ1) is 15.1. The first kappa shape index (κ1) is 20.2. The third-order valence-corrected chi connectivity index (χ3v) is 4.89. The number of carbonyl (C=O) groups excluding carboxylic acids is 2. The minimum absolute atomic E-state index is 0.172. The lowest BCUT2D eigenvalue weighted by Gasteiger charge is -2.08. The number of benzene rings is 2. The van der Waals surface area contributed by atoms with E-state index in [2.05, 4.69) is 20.6 Å². The molecule has 2 heterocycles. The molecule has 2 aromatic carbocycles. The molecule has 7 heteroatoms. The van der Waals surface area contributed by atoms with Crippen LogP contribution in [0.4, 0.5) is 5.69 Å². The number of pyridine rings is 1. The van der Waals surface area contributed by atoms with Gasteiger partial charge in [0.15, 0.2) is 0 Å². The van der Waals surface area contributed by atoms with Crippen LogP contribution in [-0.4, -0.2) is 28.9 Å². The Bertz CT molecular complexity index is 1220. The lowest BCUT2D eigenvalue weighted by molar-refractivity contribution is -0.115. The number of hydrogen-bond donors (Lipinski definition) is 3. The monoisotopic (exact) mass is 414 g/mol. The van der Waals surface area contributed by atoms with Gasteiger partial charge in [-0.2, -0.15) is 0 Å². The predicted octanol–water partition coefficient (Wildman–Crippen LogP) is 3.68. The molecule has 0 unspecified atom stereocenters. The van der Waals surface area contributed by atoms with Crippen LogP contribution in [-0.2, 0) is 17.8 Å². The van der Waals surface area contributed by atoms with Crippen LogP contribution in [0.2, 0.25) is 0 Å². The molecular formula is C24H22N4O3. The van der Waals surface area contributed by atoms with Crippen LogP contribution in [0.3, 0.4) is 0 Å². The van der Waals surface area contributed by atoms with Crippen LogP contribution in [0.15, 0.2) is 73.1 Å². The van der Waals surface area contributed by atoms with Crippen molar-refractivity contribution >= 4 is 28.4 Å². The summed E-state index contributed by atoms with van der Waals surface area (Å²) in [6, 6.07) is 18.1. The molecule has 0 aliphatic carbocycles. The van der Waals surface area contributed by atoms with Gasteiger partial charge >= 0.3 is 0 Å². The summed E-state index contributed by atoms with van der Waals surface area (Å²) in [7, 11) is 1.61. The van der Waals surface area contributed by atoms with Crippen molar-refractivity contribution in [3.05, 3.63) is 89.9 Å². The van der Waals surface area contributed by atoms with Crippen molar-refractivity contribution in [1.82, 2.24) is 15.3 Å². The van der Waals surface area contributed by atoms with E-state index in [1.54, 1.807) is 37.6 Å². The average Bonchev–Trinajstić information content (AvgIpc) is 3.20. The first-order valence-corrected chi connectivity index (χ1v) is 9.84. The number of H-pyrrole nitrogens is 1. The van der Waals surface area contributed by atoms with Gasteiger partial charge in [-0.05, 0) is 54.1 Å². The molecule has 0 atom stereocenters. The summed E-state index contributed by atoms with van der Waals surface area (Å²) in [6.45, 7) is 0.334. The Morgan fingerprint density at radius 3 is 2.77 bits per heavy atom. The molecule has 0 aliphatic heterocycles. The minimum atomic E-state index is -0.231. The van der Waals surface area contributed by atoms with Crippen molar-refractivity contribution in [3.8, 4) is 5.75 Å². The summed E-state index contributed by atoms with van der Waals surface area (Å²) in [5, 5.41) is 6.64. The van der Waals surface area contributed by atoms with Crippen LogP contribution < -0.4 is 15.4 Å². The number of amides is 2. The number of fused-ring (bicyclic) bond motifs is 1. The molecule has 156 valence electrons. The lowest BCUT2D eigenvalue weighted by atomic mass is 10.1. The summed E-state index contributed by atoms with van der Waals surface area (Å²) >= 11 is 0. The molecule has 0 radical (unpaired) electrons. The molecule has 0 saturated carbocycles. The third kappa shape index (κ3) is 4.90. The molecule has 0 aliphatic rings. The summed E-state index contributed by atoms with van der Waals surface area (Å²) in [5.74, 6) is 0.332. The maximum Gasteiger partial charge on any atom is 0.251 e. The Kier molecular flexibility index (Phi) is 5.93. The fourth-order valence-electron chi connectivity index (χ4n) is 3.32. The van der Waals surface area contributed by atoms with Gasteiger partial charge in [-0.25, -0.2) is 0 Å². The summed E-state index contributed by atoms with van der Waals surface area (Å²) in [5.41, 5.74) is 3.61. The Balaban J connectivity index is 1.40. The van der Waals surface area contributed by atoms with E-state index in [9.17, 15) is 9.59 Å². The van der Waals surface area contributed by atoms with E-state index < -0.39 is 0 Å². The molecule has 0 fully saturated rings.